The van der Waals surface area contributed by atoms with Crippen LogP contribution in [0.25, 0.3) is 0 Å². The first-order valence-corrected chi connectivity index (χ1v) is 8.93. The van der Waals surface area contributed by atoms with Crippen molar-refractivity contribution >= 4 is 28.9 Å². The van der Waals surface area contributed by atoms with Gasteiger partial charge in [-0.2, -0.15) is 0 Å². The van der Waals surface area contributed by atoms with Crippen molar-refractivity contribution in [1.82, 2.24) is 0 Å². The van der Waals surface area contributed by atoms with Crippen LogP contribution in [-0.4, -0.2) is 16.7 Å². The third-order valence-electron chi connectivity index (χ3n) is 4.39. The van der Waals surface area contributed by atoms with E-state index in [2.05, 4.69) is 10.6 Å². The lowest BCUT2D eigenvalue weighted by atomic mass is 10.1. The van der Waals surface area contributed by atoms with Crippen LogP contribution >= 0.6 is 0 Å². The van der Waals surface area contributed by atoms with Gasteiger partial charge >= 0.3 is 0 Å². The third-order valence-corrected chi connectivity index (χ3v) is 4.39. The standard InChI is InChI=1S/C22H19N3O4/c1-15-19(8-5-9-20(15)25(28)29)24-22(27)17-10-12-18(13-11-17)23-21(26)14-16-6-3-2-4-7-16/h2-13H,14H2,1H3,(H,23,26)(H,24,27). The Kier molecular flexibility index (Phi) is 5.99. The van der Waals surface area contributed by atoms with E-state index in [-0.39, 0.29) is 18.0 Å². The lowest BCUT2D eigenvalue weighted by Crippen LogP contribution is -2.15. The molecule has 0 fully saturated rings. The molecule has 7 nitrogen and oxygen atoms in total. The lowest BCUT2D eigenvalue weighted by molar-refractivity contribution is -0.385. The predicted molar refractivity (Wildman–Crippen MR) is 111 cm³/mol. The highest BCUT2D eigenvalue weighted by molar-refractivity contribution is 6.05. The molecule has 0 spiro atoms. The van der Waals surface area contributed by atoms with Crippen molar-refractivity contribution in [2.24, 2.45) is 0 Å². The van der Waals surface area contributed by atoms with Gasteiger partial charge in [0.1, 0.15) is 0 Å². The molecule has 29 heavy (non-hydrogen) atoms. The molecule has 0 unspecified atom stereocenters. The summed E-state index contributed by atoms with van der Waals surface area (Å²) >= 11 is 0. The summed E-state index contributed by atoms with van der Waals surface area (Å²) in [5.41, 5.74) is 2.57. The molecule has 3 aromatic rings. The predicted octanol–water partition coefficient (Wildman–Crippen LogP) is 4.34. The van der Waals surface area contributed by atoms with Crippen LogP contribution in [0.1, 0.15) is 21.5 Å². The molecule has 3 rings (SSSR count). The molecule has 2 N–H and O–H groups in total. The van der Waals surface area contributed by atoms with E-state index in [9.17, 15) is 19.7 Å². The summed E-state index contributed by atoms with van der Waals surface area (Å²) in [6.07, 6.45) is 0.259. The number of anilines is 2. The fraction of sp³-hybridized carbons (Fsp3) is 0.0909. The van der Waals surface area contributed by atoms with Crippen LogP contribution in [0.3, 0.4) is 0 Å². The van der Waals surface area contributed by atoms with Gasteiger partial charge in [0.05, 0.1) is 22.6 Å². The van der Waals surface area contributed by atoms with Crippen LogP contribution in [0, 0.1) is 17.0 Å². The first-order valence-electron chi connectivity index (χ1n) is 8.93. The largest absolute Gasteiger partial charge is 0.326 e. The molecule has 0 atom stereocenters. The van der Waals surface area contributed by atoms with Gasteiger partial charge in [-0.1, -0.05) is 36.4 Å². The summed E-state index contributed by atoms with van der Waals surface area (Å²) in [5, 5.41) is 16.5. The number of nitrogens with zero attached hydrogens (tertiary/aromatic N) is 1. The fourth-order valence-corrected chi connectivity index (χ4v) is 2.84. The number of carbonyl (C=O) groups excluding carboxylic acids is 2. The number of hydrogen-bond donors (Lipinski definition) is 2. The van der Waals surface area contributed by atoms with Gasteiger partial charge in [-0.25, -0.2) is 0 Å². The van der Waals surface area contributed by atoms with Gasteiger partial charge in [0.15, 0.2) is 0 Å². The first-order chi connectivity index (χ1) is 13.9. The zero-order chi connectivity index (χ0) is 20.8. The lowest BCUT2D eigenvalue weighted by Gasteiger charge is -2.10. The van der Waals surface area contributed by atoms with E-state index in [1.165, 1.54) is 12.1 Å². The number of rotatable bonds is 6. The first kappa shape index (κ1) is 19.8. The second kappa shape index (κ2) is 8.79. The maximum Gasteiger partial charge on any atom is 0.274 e. The Hall–Kier alpha value is -4.00. The molecule has 2 amide bonds. The highest BCUT2D eigenvalue weighted by Gasteiger charge is 2.15. The summed E-state index contributed by atoms with van der Waals surface area (Å²) < 4.78 is 0. The maximum absolute atomic E-state index is 12.5. The van der Waals surface area contributed by atoms with E-state index < -0.39 is 10.8 Å². The van der Waals surface area contributed by atoms with Gasteiger partial charge in [0, 0.05) is 17.3 Å². The van der Waals surface area contributed by atoms with Crippen molar-refractivity contribution in [1.29, 1.82) is 0 Å². The van der Waals surface area contributed by atoms with E-state index >= 15 is 0 Å². The zero-order valence-electron chi connectivity index (χ0n) is 15.7. The van der Waals surface area contributed by atoms with Crippen LogP contribution in [0.5, 0.6) is 0 Å². The van der Waals surface area contributed by atoms with Gasteiger partial charge in [0.2, 0.25) is 5.91 Å². The van der Waals surface area contributed by atoms with Crippen molar-refractivity contribution < 1.29 is 14.5 Å². The second-order valence-electron chi connectivity index (χ2n) is 6.45. The average molecular weight is 389 g/mol. The topological polar surface area (TPSA) is 101 Å². The molecule has 0 aliphatic heterocycles. The molecule has 3 aromatic carbocycles. The smallest absolute Gasteiger partial charge is 0.274 e. The quantitative estimate of drug-likeness (QED) is 0.484. The molecule has 0 bridgehead atoms. The molecule has 0 saturated heterocycles. The van der Waals surface area contributed by atoms with Gasteiger partial charge in [-0.05, 0) is 42.8 Å². The number of benzene rings is 3. The van der Waals surface area contributed by atoms with Crippen molar-refractivity contribution in [3.05, 3.63) is 99.6 Å². The maximum atomic E-state index is 12.5. The van der Waals surface area contributed by atoms with E-state index in [4.69, 9.17) is 0 Å². The molecule has 0 aromatic heterocycles. The Balaban J connectivity index is 1.64. The SMILES string of the molecule is Cc1c(NC(=O)c2ccc(NC(=O)Cc3ccccc3)cc2)cccc1[N+](=O)[O-]. The highest BCUT2D eigenvalue weighted by Crippen LogP contribution is 2.25. The minimum absolute atomic E-state index is 0.0562. The Morgan fingerprint density at radius 1 is 0.897 bits per heavy atom. The molecular weight excluding hydrogens is 370 g/mol. The average Bonchev–Trinajstić information content (AvgIpc) is 2.70. The Morgan fingerprint density at radius 2 is 1.59 bits per heavy atom. The van der Waals surface area contributed by atoms with Crippen LogP contribution in [0.15, 0.2) is 72.8 Å². The molecule has 0 heterocycles. The number of hydrogen-bond acceptors (Lipinski definition) is 4. The minimum Gasteiger partial charge on any atom is -0.326 e. The van der Waals surface area contributed by atoms with Gasteiger partial charge in [-0.15, -0.1) is 0 Å². The summed E-state index contributed by atoms with van der Waals surface area (Å²) in [6.45, 7) is 1.58. The number of amides is 2. The summed E-state index contributed by atoms with van der Waals surface area (Å²) in [5.74, 6) is -0.545. The third kappa shape index (κ3) is 5.04. The van der Waals surface area contributed by atoms with Crippen molar-refractivity contribution in [2.75, 3.05) is 10.6 Å². The van der Waals surface area contributed by atoms with Crippen LogP contribution < -0.4 is 10.6 Å². The number of nitrogens with one attached hydrogen (secondary N) is 2. The molecule has 0 radical (unpaired) electrons. The molecule has 146 valence electrons. The van der Waals surface area contributed by atoms with Crippen LogP contribution in [0.4, 0.5) is 17.1 Å². The van der Waals surface area contributed by atoms with Crippen molar-refractivity contribution in [3.63, 3.8) is 0 Å². The van der Waals surface area contributed by atoms with Gasteiger partial charge in [-0.3, -0.25) is 19.7 Å². The summed E-state index contributed by atoms with van der Waals surface area (Å²) in [4.78, 5) is 35.1. The van der Waals surface area contributed by atoms with E-state index in [0.29, 0.717) is 22.5 Å². The molecule has 0 saturated carbocycles. The number of nitro benzene ring substituents is 1. The summed E-state index contributed by atoms with van der Waals surface area (Å²) in [7, 11) is 0. The van der Waals surface area contributed by atoms with Crippen LogP contribution in [0.2, 0.25) is 0 Å². The molecule has 0 aliphatic carbocycles. The monoisotopic (exact) mass is 389 g/mol. The van der Waals surface area contributed by atoms with E-state index in [1.807, 2.05) is 30.3 Å². The summed E-state index contributed by atoms with van der Waals surface area (Å²) in [6, 6.07) is 20.4. The zero-order valence-corrected chi connectivity index (χ0v) is 15.7. The van der Waals surface area contributed by atoms with Crippen molar-refractivity contribution in [2.45, 2.75) is 13.3 Å². The molecule has 7 heteroatoms. The van der Waals surface area contributed by atoms with Crippen molar-refractivity contribution in [3.8, 4) is 0 Å². The fourth-order valence-electron chi connectivity index (χ4n) is 2.84. The molecule has 0 aliphatic rings. The number of carbonyl (C=O) groups is 2. The second-order valence-corrected chi connectivity index (χ2v) is 6.45. The normalized spacial score (nSPS) is 10.2. The Morgan fingerprint density at radius 3 is 2.24 bits per heavy atom. The Labute approximate surface area is 167 Å². The molecular formula is C22H19N3O4. The van der Waals surface area contributed by atoms with E-state index in [1.54, 1.807) is 37.3 Å². The number of nitro groups is 1. The van der Waals surface area contributed by atoms with Gasteiger partial charge in [0.25, 0.3) is 11.6 Å². The highest BCUT2D eigenvalue weighted by atomic mass is 16.6. The van der Waals surface area contributed by atoms with E-state index in [0.717, 1.165) is 5.56 Å². The van der Waals surface area contributed by atoms with Gasteiger partial charge < -0.3 is 10.6 Å². The van der Waals surface area contributed by atoms with Crippen LogP contribution in [-0.2, 0) is 11.2 Å². The minimum atomic E-state index is -0.488. The Bertz CT molecular complexity index is 1050.